The third kappa shape index (κ3) is 1.38. The van der Waals surface area contributed by atoms with Crippen molar-refractivity contribution in [3.05, 3.63) is 12.3 Å². The number of hydrogen-bond donors (Lipinski definition) is 1. The normalized spacial score (nSPS) is 24.2. The van der Waals surface area contributed by atoms with E-state index < -0.39 is 5.97 Å². The highest BCUT2D eigenvalue weighted by Crippen LogP contribution is 2.06. The van der Waals surface area contributed by atoms with E-state index in [2.05, 4.69) is 4.99 Å². The van der Waals surface area contributed by atoms with Gasteiger partial charge in [0.25, 0.3) is 0 Å². The van der Waals surface area contributed by atoms with Crippen LogP contribution in [0.2, 0.25) is 0 Å². The third-order valence-corrected chi connectivity index (χ3v) is 1.19. The standard InChI is InChI=1S/C6H7NO2/c8-6(9)5-1-3-7-4-2-5/h1,3-5H,2H2,(H,8,9). The summed E-state index contributed by atoms with van der Waals surface area (Å²) >= 11 is 0. The molecule has 1 heterocycles. The van der Waals surface area contributed by atoms with Gasteiger partial charge in [0.05, 0.1) is 5.92 Å². The third-order valence-electron chi connectivity index (χ3n) is 1.19. The van der Waals surface area contributed by atoms with Gasteiger partial charge in [-0.3, -0.25) is 9.79 Å². The van der Waals surface area contributed by atoms with E-state index in [1.54, 1.807) is 12.3 Å². The van der Waals surface area contributed by atoms with Gasteiger partial charge in [0.15, 0.2) is 0 Å². The summed E-state index contributed by atoms with van der Waals surface area (Å²) in [5.41, 5.74) is 0. The maximum atomic E-state index is 10.2. The van der Waals surface area contributed by atoms with Crippen molar-refractivity contribution in [1.82, 2.24) is 0 Å². The molecule has 3 heteroatoms. The van der Waals surface area contributed by atoms with Crippen LogP contribution < -0.4 is 0 Å². The van der Waals surface area contributed by atoms with Crippen LogP contribution in [0.15, 0.2) is 17.3 Å². The molecule has 9 heavy (non-hydrogen) atoms. The molecular weight excluding hydrogens is 118 g/mol. The van der Waals surface area contributed by atoms with Gasteiger partial charge in [0, 0.05) is 12.4 Å². The second-order valence-electron chi connectivity index (χ2n) is 1.85. The molecule has 0 aliphatic carbocycles. The molecule has 0 spiro atoms. The molecule has 1 atom stereocenters. The van der Waals surface area contributed by atoms with Crippen LogP contribution >= 0.6 is 0 Å². The number of rotatable bonds is 1. The lowest BCUT2D eigenvalue weighted by Gasteiger charge is -2.04. The van der Waals surface area contributed by atoms with Crippen LogP contribution in [0.5, 0.6) is 0 Å². The number of carboxylic acids is 1. The lowest BCUT2D eigenvalue weighted by Crippen LogP contribution is -2.12. The van der Waals surface area contributed by atoms with E-state index in [0.29, 0.717) is 6.42 Å². The highest BCUT2D eigenvalue weighted by atomic mass is 16.4. The first kappa shape index (κ1) is 6.01. The van der Waals surface area contributed by atoms with Crippen molar-refractivity contribution in [2.75, 3.05) is 0 Å². The number of nitrogens with zero attached hydrogens (tertiary/aromatic N) is 1. The van der Waals surface area contributed by atoms with Crippen molar-refractivity contribution in [1.29, 1.82) is 0 Å². The average Bonchev–Trinajstić information content (AvgIpc) is 1.90. The zero-order valence-corrected chi connectivity index (χ0v) is 4.82. The largest absolute Gasteiger partial charge is 0.481 e. The highest BCUT2D eigenvalue weighted by molar-refractivity contribution is 5.77. The molecule has 0 saturated carbocycles. The van der Waals surface area contributed by atoms with Crippen molar-refractivity contribution in [3.8, 4) is 0 Å². The Labute approximate surface area is 52.7 Å². The molecule has 1 aliphatic rings. The van der Waals surface area contributed by atoms with Crippen LogP contribution in [0.4, 0.5) is 0 Å². The lowest BCUT2D eigenvalue weighted by atomic mass is 10.1. The molecule has 48 valence electrons. The first-order valence-electron chi connectivity index (χ1n) is 2.72. The molecule has 1 aliphatic heterocycles. The Morgan fingerprint density at radius 1 is 1.78 bits per heavy atom. The first-order valence-corrected chi connectivity index (χ1v) is 2.72. The predicted molar refractivity (Wildman–Crippen MR) is 33.4 cm³/mol. The van der Waals surface area contributed by atoms with Crippen LogP contribution in [-0.4, -0.2) is 17.3 Å². The number of aliphatic carboxylic acids is 1. The molecule has 1 unspecified atom stereocenters. The second-order valence-corrected chi connectivity index (χ2v) is 1.85. The SMILES string of the molecule is O=C(O)C1C=CN=CC1. The summed E-state index contributed by atoms with van der Waals surface area (Å²) in [7, 11) is 0. The minimum atomic E-state index is -0.780. The van der Waals surface area contributed by atoms with Gasteiger partial charge in [-0.05, 0) is 6.42 Å². The molecular formula is C6H7NO2. The molecule has 0 saturated heterocycles. The summed E-state index contributed by atoms with van der Waals surface area (Å²) in [5, 5.41) is 8.43. The Morgan fingerprint density at radius 3 is 2.89 bits per heavy atom. The van der Waals surface area contributed by atoms with Gasteiger partial charge in [-0.2, -0.15) is 0 Å². The number of carboxylic acid groups (broad SMARTS) is 1. The van der Waals surface area contributed by atoms with Gasteiger partial charge in [0.2, 0.25) is 0 Å². The van der Waals surface area contributed by atoms with Crippen LogP contribution in [0.3, 0.4) is 0 Å². The van der Waals surface area contributed by atoms with Gasteiger partial charge >= 0.3 is 5.97 Å². The van der Waals surface area contributed by atoms with Crippen molar-refractivity contribution in [3.63, 3.8) is 0 Å². The maximum absolute atomic E-state index is 10.2. The summed E-state index contributed by atoms with van der Waals surface area (Å²) < 4.78 is 0. The minimum absolute atomic E-state index is 0.359. The van der Waals surface area contributed by atoms with Crippen LogP contribution in [0.25, 0.3) is 0 Å². The van der Waals surface area contributed by atoms with Gasteiger partial charge in [-0.25, -0.2) is 0 Å². The van der Waals surface area contributed by atoms with E-state index in [9.17, 15) is 4.79 Å². The van der Waals surface area contributed by atoms with E-state index in [-0.39, 0.29) is 5.92 Å². The fraction of sp³-hybridized carbons (Fsp3) is 0.333. The van der Waals surface area contributed by atoms with Gasteiger partial charge < -0.3 is 5.11 Å². The molecule has 3 nitrogen and oxygen atoms in total. The second kappa shape index (κ2) is 2.44. The van der Waals surface area contributed by atoms with E-state index in [4.69, 9.17) is 5.11 Å². The van der Waals surface area contributed by atoms with Crippen molar-refractivity contribution < 1.29 is 9.90 Å². The highest BCUT2D eigenvalue weighted by Gasteiger charge is 2.12. The Kier molecular flexibility index (Phi) is 1.63. The fourth-order valence-corrected chi connectivity index (χ4v) is 0.651. The Hall–Kier alpha value is -1.12. The first-order chi connectivity index (χ1) is 4.30. The quantitative estimate of drug-likeness (QED) is 0.560. The average molecular weight is 125 g/mol. The topological polar surface area (TPSA) is 49.7 Å². The zero-order chi connectivity index (χ0) is 6.69. The number of hydrogen-bond acceptors (Lipinski definition) is 2. The van der Waals surface area contributed by atoms with Gasteiger partial charge in [0.1, 0.15) is 0 Å². The van der Waals surface area contributed by atoms with Crippen LogP contribution in [-0.2, 0) is 4.79 Å². The molecule has 1 rings (SSSR count). The fourth-order valence-electron chi connectivity index (χ4n) is 0.651. The van der Waals surface area contributed by atoms with Gasteiger partial charge in [-0.15, -0.1) is 0 Å². The molecule has 0 fully saturated rings. The molecule has 0 radical (unpaired) electrons. The summed E-state index contributed by atoms with van der Waals surface area (Å²) in [6, 6.07) is 0. The van der Waals surface area contributed by atoms with Crippen LogP contribution in [0, 0.1) is 5.92 Å². The lowest BCUT2D eigenvalue weighted by molar-refractivity contribution is -0.139. The molecule has 1 N–H and O–H groups in total. The molecule has 0 aromatic carbocycles. The van der Waals surface area contributed by atoms with E-state index in [1.165, 1.54) is 6.20 Å². The summed E-state index contributed by atoms with van der Waals surface area (Å²) in [4.78, 5) is 14.0. The zero-order valence-electron chi connectivity index (χ0n) is 4.82. The van der Waals surface area contributed by atoms with Gasteiger partial charge in [-0.1, -0.05) is 6.08 Å². The molecule has 0 aromatic heterocycles. The minimum Gasteiger partial charge on any atom is -0.481 e. The molecule has 0 aromatic rings. The van der Waals surface area contributed by atoms with E-state index in [1.807, 2.05) is 0 Å². The maximum Gasteiger partial charge on any atom is 0.310 e. The van der Waals surface area contributed by atoms with E-state index in [0.717, 1.165) is 0 Å². The number of carbonyl (C=O) groups is 1. The smallest absolute Gasteiger partial charge is 0.310 e. The summed E-state index contributed by atoms with van der Waals surface area (Å²) in [5.74, 6) is -1.14. The van der Waals surface area contributed by atoms with Crippen molar-refractivity contribution in [2.45, 2.75) is 6.42 Å². The summed E-state index contributed by atoms with van der Waals surface area (Å²) in [6.45, 7) is 0. The van der Waals surface area contributed by atoms with Crippen LogP contribution in [0.1, 0.15) is 6.42 Å². The van der Waals surface area contributed by atoms with E-state index >= 15 is 0 Å². The Morgan fingerprint density at radius 2 is 2.56 bits per heavy atom. The number of aliphatic imine (C=N–C) groups is 1. The molecule has 0 amide bonds. The Balaban J connectivity index is 2.56. The summed E-state index contributed by atoms with van der Waals surface area (Å²) in [6.07, 6.45) is 5.23. The van der Waals surface area contributed by atoms with Crippen molar-refractivity contribution in [2.24, 2.45) is 10.9 Å². The monoisotopic (exact) mass is 125 g/mol. The predicted octanol–water partition coefficient (Wildman–Crippen LogP) is 0.675. The Bertz CT molecular complexity index is 172. The molecule has 0 bridgehead atoms. The van der Waals surface area contributed by atoms with Crippen molar-refractivity contribution >= 4 is 12.2 Å².